The highest BCUT2D eigenvalue weighted by molar-refractivity contribution is 5.97. The van der Waals surface area contributed by atoms with Crippen LogP contribution in [0.3, 0.4) is 0 Å². The van der Waals surface area contributed by atoms with Crippen LogP contribution in [0.5, 0.6) is 0 Å². The van der Waals surface area contributed by atoms with Gasteiger partial charge in [0.05, 0.1) is 58.7 Å². The Hall–Kier alpha value is -4.14. The second-order valence-electron chi connectivity index (χ2n) is 20.0. The van der Waals surface area contributed by atoms with Crippen molar-refractivity contribution < 1.29 is 42.2 Å². The molecule has 8 saturated carbocycles. The number of morpholine rings is 2. The summed E-state index contributed by atoms with van der Waals surface area (Å²) in [5, 5.41) is 0. The lowest BCUT2D eigenvalue weighted by Crippen LogP contribution is -2.64. The largest absolute Gasteiger partial charge is 0.465 e. The zero-order chi connectivity index (χ0) is 43.2. The average Bonchev–Trinajstić information content (AvgIpc) is 3.27. The van der Waals surface area contributed by atoms with Crippen molar-refractivity contribution in [1.29, 1.82) is 0 Å². The lowest BCUT2D eigenvalue weighted by atomic mass is 9.52. The summed E-state index contributed by atoms with van der Waals surface area (Å²) in [6.45, 7) is 4.81. The van der Waals surface area contributed by atoms with E-state index in [1.54, 1.807) is 24.3 Å². The van der Waals surface area contributed by atoms with E-state index in [0.29, 0.717) is 99.2 Å². The number of carbonyl (C=O) groups is 4. The standard InChI is InChI=1S/C24H32FN3O3.C24H31FN2O4/c25-21-10-19(22(29)14-26)1-2-20(21)15-28(23(30)27-3-5-31-6-4-27)24-11-16-7-17(12-24)9-18(8-16)13-24;1-30-22(28)19-2-3-20(21(25)11-19)15-27(23(29)26-4-6-31-7-5-26)24-12-16-8-17(13-24)10-18(9-16)14-24/h1-2,10,16-18H,3-9,11-15,26H2;2-3,11,16-18H,4-10,12-15H2,1H3. The topological polar surface area (TPSA) is 135 Å². The molecule has 0 unspecified atom stereocenters. The zero-order valence-corrected chi connectivity index (χ0v) is 36.2. The molecule has 12 rings (SSSR count). The summed E-state index contributed by atoms with van der Waals surface area (Å²) < 4.78 is 45.6. The lowest BCUT2D eigenvalue weighted by Gasteiger charge is -2.60. The Kier molecular flexibility index (Phi) is 12.4. The monoisotopic (exact) mass is 859 g/mol. The summed E-state index contributed by atoms with van der Waals surface area (Å²) in [6, 6.07) is 8.99. The zero-order valence-electron chi connectivity index (χ0n) is 36.2. The molecule has 8 aliphatic carbocycles. The molecule has 0 aromatic heterocycles. The molecule has 14 heteroatoms. The first-order valence-electron chi connectivity index (χ1n) is 23.1. The molecule has 12 nitrogen and oxygen atoms in total. The number of benzene rings is 2. The van der Waals surface area contributed by atoms with E-state index in [9.17, 15) is 19.2 Å². The highest BCUT2D eigenvalue weighted by Gasteiger charge is 2.57. The lowest BCUT2D eigenvalue weighted by molar-refractivity contribution is -0.0812. The minimum atomic E-state index is -0.562. The van der Waals surface area contributed by atoms with Crippen molar-refractivity contribution in [3.63, 3.8) is 0 Å². The van der Waals surface area contributed by atoms with Crippen molar-refractivity contribution in [2.75, 3.05) is 66.3 Å². The minimum Gasteiger partial charge on any atom is -0.465 e. The van der Waals surface area contributed by atoms with Crippen molar-refractivity contribution in [2.24, 2.45) is 41.2 Å². The number of methoxy groups -OCH3 is 1. The number of Topliss-reactive ketones (excluding diaryl/α,β-unsaturated/α-hetero) is 1. The van der Waals surface area contributed by atoms with E-state index in [-0.39, 0.29) is 59.7 Å². The Morgan fingerprint density at radius 1 is 0.629 bits per heavy atom. The Morgan fingerprint density at radius 2 is 0.984 bits per heavy atom. The fraction of sp³-hybridized carbons (Fsp3) is 0.667. The summed E-state index contributed by atoms with van der Waals surface area (Å²) in [4.78, 5) is 58.9. The third-order valence-electron chi connectivity index (χ3n) is 15.9. The molecule has 0 atom stereocenters. The van der Waals surface area contributed by atoms with Gasteiger partial charge in [-0.15, -0.1) is 0 Å². The number of nitrogens with zero attached hydrogens (tertiary/aromatic N) is 4. The number of esters is 1. The Bertz CT molecular complexity index is 1810. The van der Waals surface area contributed by atoms with E-state index in [1.807, 2.05) is 19.6 Å². The highest BCUT2D eigenvalue weighted by atomic mass is 19.1. The third kappa shape index (κ3) is 8.59. The van der Waals surface area contributed by atoms with Gasteiger partial charge in [-0.2, -0.15) is 0 Å². The molecule has 2 aromatic carbocycles. The van der Waals surface area contributed by atoms with Gasteiger partial charge < -0.3 is 39.5 Å². The molecular formula is C48H63F2N5O7. The molecule has 0 radical (unpaired) electrons. The number of hydrogen-bond acceptors (Lipinski definition) is 8. The number of urea groups is 2. The maximum atomic E-state index is 15.0. The van der Waals surface area contributed by atoms with Crippen molar-refractivity contribution in [3.05, 3.63) is 70.3 Å². The predicted octanol–water partition coefficient (Wildman–Crippen LogP) is 7.03. The summed E-state index contributed by atoms with van der Waals surface area (Å²) in [5.74, 6) is 2.33. The molecule has 2 saturated heterocycles. The van der Waals surface area contributed by atoms with Gasteiger partial charge in [0.25, 0.3) is 0 Å². The van der Waals surface area contributed by atoms with E-state index >= 15 is 8.78 Å². The summed E-state index contributed by atoms with van der Waals surface area (Å²) in [5.41, 5.74) is 6.44. The normalized spacial score (nSPS) is 31.6. The number of hydrogen-bond donors (Lipinski definition) is 1. The van der Waals surface area contributed by atoms with Crippen LogP contribution in [0.15, 0.2) is 36.4 Å². The number of nitrogens with two attached hydrogens (primary N) is 1. The van der Waals surface area contributed by atoms with E-state index < -0.39 is 17.6 Å². The van der Waals surface area contributed by atoms with Crippen LogP contribution in [-0.2, 0) is 27.3 Å². The van der Waals surface area contributed by atoms with Gasteiger partial charge in [-0.25, -0.2) is 23.2 Å². The fourth-order valence-corrected chi connectivity index (χ4v) is 13.7. The van der Waals surface area contributed by atoms with Gasteiger partial charge in [-0.05, 0) is 131 Å². The molecule has 336 valence electrons. The number of halogens is 2. The van der Waals surface area contributed by atoms with Crippen molar-refractivity contribution >= 4 is 23.8 Å². The van der Waals surface area contributed by atoms with Crippen LogP contribution < -0.4 is 5.73 Å². The van der Waals surface area contributed by atoms with Gasteiger partial charge in [0, 0.05) is 53.9 Å². The molecule has 10 aliphatic rings. The summed E-state index contributed by atoms with van der Waals surface area (Å²) in [6.07, 6.45) is 13.8. The number of amides is 4. The molecular weight excluding hydrogens is 797 g/mol. The first kappa shape index (κ1) is 43.1. The molecule has 2 N–H and O–H groups in total. The van der Waals surface area contributed by atoms with Gasteiger partial charge in [0.2, 0.25) is 0 Å². The van der Waals surface area contributed by atoms with E-state index in [2.05, 4.69) is 0 Å². The van der Waals surface area contributed by atoms with Crippen LogP contribution in [0.25, 0.3) is 0 Å². The molecule has 8 bridgehead atoms. The van der Waals surface area contributed by atoms with Crippen molar-refractivity contribution in [1.82, 2.24) is 19.6 Å². The Morgan fingerprint density at radius 3 is 1.32 bits per heavy atom. The predicted molar refractivity (Wildman–Crippen MR) is 226 cm³/mol. The number of ketones is 1. The first-order valence-corrected chi connectivity index (χ1v) is 23.1. The Balaban J connectivity index is 0.000000158. The van der Waals surface area contributed by atoms with Crippen LogP contribution in [0.2, 0.25) is 0 Å². The van der Waals surface area contributed by atoms with Gasteiger partial charge >= 0.3 is 18.0 Å². The van der Waals surface area contributed by atoms with Crippen LogP contribution in [-0.4, -0.2) is 121 Å². The van der Waals surface area contributed by atoms with E-state index in [4.69, 9.17) is 19.9 Å². The summed E-state index contributed by atoms with van der Waals surface area (Å²) in [7, 11) is 1.28. The maximum Gasteiger partial charge on any atom is 0.337 e. The molecule has 10 fully saturated rings. The van der Waals surface area contributed by atoms with Crippen LogP contribution in [0.4, 0.5) is 18.4 Å². The van der Waals surface area contributed by atoms with Crippen LogP contribution >= 0.6 is 0 Å². The van der Waals surface area contributed by atoms with Gasteiger partial charge in [-0.1, -0.05) is 18.2 Å². The molecule has 0 spiro atoms. The molecule has 2 heterocycles. The molecule has 4 amide bonds. The van der Waals surface area contributed by atoms with Crippen LogP contribution in [0, 0.1) is 47.1 Å². The molecule has 2 aromatic rings. The van der Waals surface area contributed by atoms with Crippen LogP contribution in [0.1, 0.15) is 109 Å². The maximum absolute atomic E-state index is 15.0. The average molecular weight is 860 g/mol. The van der Waals surface area contributed by atoms with Crippen molar-refractivity contribution in [2.45, 2.75) is 101 Å². The minimum absolute atomic E-state index is 0.00157. The second-order valence-corrected chi connectivity index (χ2v) is 20.0. The van der Waals surface area contributed by atoms with Gasteiger partial charge in [-0.3, -0.25) is 4.79 Å². The van der Waals surface area contributed by atoms with E-state index in [0.717, 1.165) is 38.5 Å². The van der Waals surface area contributed by atoms with Gasteiger partial charge in [0.15, 0.2) is 5.78 Å². The number of ether oxygens (including phenoxy) is 3. The van der Waals surface area contributed by atoms with Crippen molar-refractivity contribution in [3.8, 4) is 0 Å². The molecule has 2 aliphatic heterocycles. The fourth-order valence-electron chi connectivity index (χ4n) is 13.7. The quantitative estimate of drug-likeness (QED) is 0.210. The highest BCUT2D eigenvalue weighted by Crippen LogP contribution is 2.59. The number of rotatable bonds is 9. The summed E-state index contributed by atoms with van der Waals surface area (Å²) >= 11 is 0. The first-order chi connectivity index (χ1) is 29.9. The Labute approximate surface area is 363 Å². The second kappa shape index (κ2) is 17.8. The van der Waals surface area contributed by atoms with Gasteiger partial charge in [0.1, 0.15) is 11.6 Å². The smallest absolute Gasteiger partial charge is 0.337 e. The third-order valence-corrected chi connectivity index (χ3v) is 15.9. The number of carbonyl (C=O) groups excluding carboxylic acids is 4. The SMILES string of the molecule is COC(=O)c1ccc(CN(C(=O)N2CCOCC2)C23CC4CC(CC(C4)C2)C3)c(F)c1.NCC(=O)c1ccc(CN(C(=O)N2CCOCC2)C23CC4CC(CC(C4)C2)C3)c(F)c1. The molecule has 62 heavy (non-hydrogen) atoms. The van der Waals surface area contributed by atoms with E-state index in [1.165, 1.54) is 57.8 Å².